The standard InChI is InChI=1S/C22H31NO4S/c1-2-26-22-17(4-3-8-24)18(16-7-9-28-13-16)12-20(27-22)21(25)23-19-11-14-5-6-15(19)10-14/h7,9,12-15,17-19,22,24H,2-6,8,10-11H2,1H3,(H,23,25)/t14?,15?,17-,18-,19?,22-/m0/s1. The lowest BCUT2D eigenvalue weighted by Crippen LogP contribution is -2.43. The Morgan fingerprint density at radius 2 is 2.29 bits per heavy atom. The van der Waals surface area contributed by atoms with Crippen molar-refractivity contribution >= 4 is 17.2 Å². The van der Waals surface area contributed by atoms with Crippen molar-refractivity contribution in [1.82, 2.24) is 5.32 Å². The van der Waals surface area contributed by atoms with Crippen LogP contribution in [0.5, 0.6) is 0 Å². The zero-order valence-electron chi connectivity index (χ0n) is 16.5. The van der Waals surface area contributed by atoms with Gasteiger partial charge >= 0.3 is 0 Å². The molecule has 5 nitrogen and oxygen atoms in total. The number of fused-ring (bicyclic) bond motifs is 2. The number of hydrogen-bond acceptors (Lipinski definition) is 5. The number of amides is 1. The summed E-state index contributed by atoms with van der Waals surface area (Å²) in [4.78, 5) is 13.0. The van der Waals surface area contributed by atoms with E-state index in [9.17, 15) is 9.90 Å². The third-order valence-corrected chi connectivity index (χ3v) is 7.32. The van der Waals surface area contributed by atoms with Gasteiger partial charge < -0.3 is 19.9 Å². The molecule has 3 aliphatic rings. The van der Waals surface area contributed by atoms with Crippen LogP contribution < -0.4 is 5.32 Å². The zero-order valence-corrected chi connectivity index (χ0v) is 17.3. The average Bonchev–Trinajstić information content (AvgIpc) is 3.45. The van der Waals surface area contributed by atoms with Crippen LogP contribution in [0.3, 0.4) is 0 Å². The number of rotatable bonds is 8. The number of hydrogen-bond donors (Lipinski definition) is 2. The van der Waals surface area contributed by atoms with Gasteiger partial charge in [0.15, 0.2) is 5.76 Å². The predicted molar refractivity (Wildman–Crippen MR) is 109 cm³/mol. The normalized spacial score (nSPS) is 34.1. The maximum absolute atomic E-state index is 13.0. The molecule has 0 aromatic carbocycles. The van der Waals surface area contributed by atoms with E-state index in [-0.39, 0.29) is 30.4 Å². The van der Waals surface area contributed by atoms with Crippen LogP contribution in [-0.2, 0) is 14.3 Å². The highest BCUT2D eigenvalue weighted by molar-refractivity contribution is 7.08. The molecule has 2 fully saturated rings. The smallest absolute Gasteiger partial charge is 0.286 e. The van der Waals surface area contributed by atoms with Crippen molar-refractivity contribution in [2.45, 2.75) is 63.7 Å². The summed E-state index contributed by atoms with van der Waals surface area (Å²) in [5.41, 5.74) is 1.19. The van der Waals surface area contributed by atoms with Crippen molar-refractivity contribution in [2.24, 2.45) is 17.8 Å². The molecule has 3 unspecified atom stereocenters. The first-order valence-corrected chi connectivity index (χ1v) is 11.6. The van der Waals surface area contributed by atoms with Gasteiger partial charge in [-0.25, -0.2) is 0 Å². The minimum absolute atomic E-state index is 0.0591. The van der Waals surface area contributed by atoms with Crippen molar-refractivity contribution in [2.75, 3.05) is 13.2 Å². The van der Waals surface area contributed by atoms with E-state index in [0.717, 1.165) is 18.8 Å². The molecule has 154 valence electrons. The second-order valence-corrected chi connectivity index (χ2v) is 9.12. The first kappa shape index (κ1) is 19.9. The SMILES string of the molecule is CCO[C@H]1OC(C(=O)NC2CC3CCC2C3)=C[C@@H](c2ccsc2)[C@@H]1CCCO. The van der Waals surface area contributed by atoms with Gasteiger partial charge in [0.05, 0.1) is 0 Å². The molecule has 0 saturated heterocycles. The second kappa shape index (κ2) is 8.97. The summed E-state index contributed by atoms with van der Waals surface area (Å²) in [5.74, 6) is 1.84. The Morgan fingerprint density at radius 1 is 1.39 bits per heavy atom. The maximum atomic E-state index is 13.0. The fraction of sp³-hybridized carbons (Fsp3) is 0.682. The van der Waals surface area contributed by atoms with Crippen molar-refractivity contribution in [3.05, 3.63) is 34.2 Å². The molecule has 28 heavy (non-hydrogen) atoms. The highest BCUT2D eigenvalue weighted by Crippen LogP contribution is 2.45. The van der Waals surface area contributed by atoms with Gasteiger partial charge in [-0.05, 0) is 79.3 Å². The number of carbonyl (C=O) groups excluding carboxylic acids is 1. The number of carbonyl (C=O) groups is 1. The average molecular weight is 406 g/mol. The van der Waals surface area contributed by atoms with E-state index in [4.69, 9.17) is 9.47 Å². The van der Waals surface area contributed by atoms with E-state index >= 15 is 0 Å². The van der Waals surface area contributed by atoms with Crippen LogP contribution in [0.25, 0.3) is 0 Å². The molecule has 1 amide bonds. The summed E-state index contributed by atoms with van der Waals surface area (Å²) in [5, 5.41) is 16.8. The Bertz CT molecular complexity index is 689. The fourth-order valence-electron chi connectivity index (χ4n) is 5.27. The van der Waals surface area contributed by atoms with E-state index in [2.05, 4.69) is 22.1 Å². The van der Waals surface area contributed by atoms with E-state index < -0.39 is 6.29 Å². The third-order valence-electron chi connectivity index (χ3n) is 6.62. The molecule has 1 aromatic rings. The maximum Gasteiger partial charge on any atom is 0.286 e. The van der Waals surface area contributed by atoms with Gasteiger partial charge in [-0.2, -0.15) is 11.3 Å². The van der Waals surface area contributed by atoms with E-state index in [1.165, 1.54) is 24.8 Å². The van der Waals surface area contributed by atoms with Gasteiger partial charge in [0.2, 0.25) is 6.29 Å². The summed E-state index contributed by atoms with van der Waals surface area (Å²) in [6, 6.07) is 2.39. The number of allylic oxidation sites excluding steroid dienone is 1. The number of thiophene rings is 1. The molecule has 2 bridgehead atoms. The van der Waals surface area contributed by atoms with Crippen LogP contribution >= 0.6 is 11.3 Å². The Kier molecular flexibility index (Phi) is 6.38. The molecule has 1 aliphatic heterocycles. The van der Waals surface area contributed by atoms with Crippen LogP contribution in [0.2, 0.25) is 0 Å². The quantitative estimate of drug-likeness (QED) is 0.690. The Morgan fingerprint density at radius 3 is 2.93 bits per heavy atom. The summed E-state index contributed by atoms with van der Waals surface area (Å²) in [6.45, 7) is 2.62. The summed E-state index contributed by atoms with van der Waals surface area (Å²) < 4.78 is 12.0. The molecular weight excluding hydrogens is 374 g/mol. The summed E-state index contributed by atoms with van der Waals surface area (Å²) in [6.07, 6.45) is 7.90. The van der Waals surface area contributed by atoms with Gasteiger partial charge in [0.1, 0.15) is 0 Å². The van der Waals surface area contributed by atoms with Crippen molar-refractivity contribution in [3.8, 4) is 0 Å². The molecule has 2 aliphatic carbocycles. The number of nitrogens with one attached hydrogen (secondary N) is 1. The van der Waals surface area contributed by atoms with Crippen LogP contribution in [0.1, 0.15) is 56.9 Å². The van der Waals surface area contributed by atoms with Gasteiger partial charge in [-0.15, -0.1) is 0 Å². The Hall–Kier alpha value is -1.37. The number of aliphatic hydroxyl groups excluding tert-OH is 1. The minimum Gasteiger partial charge on any atom is -0.459 e. The lowest BCUT2D eigenvalue weighted by atomic mass is 9.81. The predicted octanol–water partition coefficient (Wildman–Crippen LogP) is 3.80. The van der Waals surface area contributed by atoms with Crippen LogP contribution in [0.15, 0.2) is 28.7 Å². The topological polar surface area (TPSA) is 67.8 Å². The largest absolute Gasteiger partial charge is 0.459 e. The van der Waals surface area contributed by atoms with Crippen molar-refractivity contribution in [3.63, 3.8) is 0 Å². The summed E-state index contributed by atoms with van der Waals surface area (Å²) >= 11 is 1.66. The Balaban J connectivity index is 1.54. The minimum atomic E-state index is -0.466. The van der Waals surface area contributed by atoms with Crippen molar-refractivity contribution < 1.29 is 19.4 Å². The molecule has 2 saturated carbocycles. The fourth-order valence-corrected chi connectivity index (χ4v) is 5.98. The molecule has 4 rings (SSSR count). The lowest BCUT2D eigenvalue weighted by molar-refractivity contribution is -0.166. The molecule has 0 spiro atoms. The van der Waals surface area contributed by atoms with E-state index in [0.29, 0.717) is 24.7 Å². The van der Waals surface area contributed by atoms with Gasteiger partial charge in [0, 0.05) is 31.1 Å². The molecule has 0 radical (unpaired) electrons. The molecular formula is C22H31NO4S. The van der Waals surface area contributed by atoms with Gasteiger partial charge in [-0.3, -0.25) is 4.79 Å². The second-order valence-electron chi connectivity index (χ2n) is 8.34. The highest BCUT2D eigenvalue weighted by Gasteiger charge is 2.42. The number of aliphatic hydroxyl groups is 1. The first-order chi connectivity index (χ1) is 13.7. The summed E-state index contributed by atoms with van der Waals surface area (Å²) in [7, 11) is 0. The third kappa shape index (κ3) is 4.14. The first-order valence-electron chi connectivity index (χ1n) is 10.6. The number of ether oxygens (including phenoxy) is 2. The van der Waals surface area contributed by atoms with Gasteiger partial charge in [0.25, 0.3) is 5.91 Å². The molecule has 6 atom stereocenters. The van der Waals surface area contributed by atoms with E-state index in [1.807, 2.05) is 13.0 Å². The zero-order chi connectivity index (χ0) is 19.5. The van der Waals surface area contributed by atoms with Crippen LogP contribution in [-0.4, -0.2) is 36.6 Å². The van der Waals surface area contributed by atoms with Crippen LogP contribution in [0.4, 0.5) is 0 Å². The molecule has 2 N–H and O–H groups in total. The Labute approximate surface area is 171 Å². The van der Waals surface area contributed by atoms with E-state index in [1.54, 1.807) is 11.3 Å². The van der Waals surface area contributed by atoms with Crippen molar-refractivity contribution in [1.29, 1.82) is 0 Å². The molecule has 6 heteroatoms. The monoisotopic (exact) mass is 405 g/mol. The van der Waals surface area contributed by atoms with Gasteiger partial charge in [-0.1, -0.05) is 6.42 Å². The lowest BCUT2D eigenvalue weighted by Gasteiger charge is -2.37. The van der Waals surface area contributed by atoms with Crippen LogP contribution in [0, 0.1) is 17.8 Å². The highest BCUT2D eigenvalue weighted by atomic mass is 32.1. The molecule has 1 aromatic heterocycles. The molecule has 2 heterocycles.